The molecule has 3 rings (SSSR count). The monoisotopic (exact) mass is 417 g/mol. The smallest absolute Gasteiger partial charge is 0.173 e. The lowest BCUT2D eigenvalue weighted by molar-refractivity contribution is 0.102. The van der Waals surface area contributed by atoms with E-state index in [0.29, 0.717) is 26.2 Å². The van der Waals surface area contributed by atoms with Gasteiger partial charge in [0.2, 0.25) is 0 Å². The van der Waals surface area contributed by atoms with Crippen molar-refractivity contribution in [3.05, 3.63) is 70.0 Å². The average Bonchev–Trinajstić information content (AvgIpc) is 3.05. The molecule has 3 aromatic rings. The maximum Gasteiger partial charge on any atom is 0.173 e. The van der Waals surface area contributed by atoms with Crippen LogP contribution in [0.4, 0.5) is 15.1 Å². The number of carbonyl (C=O) groups excluding carboxylic acids is 1. The Morgan fingerprint density at radius 3 is 2.78 bits per heavy atom. The van der Waals surface area contributed by atoms with E-state index in [4.69, 9.17) is 11.6 Å². The SMILES string of the molecule is Cc1ccc(Cl)cc1Nc1snc(SCC(=O)c2ccc(F)cc2)c1C#N. The first kappa shape index (κ1) is 19.4. The Labute approximate surface area is 169 Å². The molecule has 1 N–H and O–H groups in total. The second kappa shape index (κ2) is 8.53. The summed E-state index contributed by atoms with van der Waals surface area (Å²) in [5.74, 6) is -0.436. The van der Waals surface area contributed by atoms with E-state index in [1.165, 1.54) is 36.0 Å². The first-order chi connectivity index (χ1) is 13.0. The molecular formula is C19H13ClFN3OS2. The molecule has 0 aliphatic carbocycles. The molecule has 0 aliphatic rings. The van der Waals surface area contributed by atoms with Gasteiger partial charge in [0.25, 0.3) is 0 Å². The van der Waals surface area contributed by atoms with Crippen molar-refractivity contribution in [3.8, 4) is 6.07 Å². The summed E-state index contributed by atoms with van der Waals surface area (Å²) in [7, 11) is 0. The van der Waals surface area contributed by atoms with Crippen molar-refractivity contribution in [2.45, 2.75) is 11.9 Å². The lowest BCUT2D eigenvalue weighted by Gasteiger charge is -2.08. The molecule has 0 fully saturated rings. The largest absolute Gasteiger partial charge is 0.345 e. The molecule has 0 unspecified atom stereocenters. The molecule has 8 heteroatoms. The van der Waals surface area contributed by atoms with Gasteiger partial charge in [0.15, 0.2) is 5.78 Å². The molecule has 0 saturated heterocycles. The van der Waals surface area contributed by atoms with Gasteiger partial charge in [-0.25, -0.2) is 4.39 Å². The molecule has 0 spiro atoms. The van der Waals surface area contributed by atoms with Crippen LogP contribution in [0.1, 0.15) is 21.5 Å². The van der Waals surface area contributed by atoms with Crippen molar-refractivity contribution in [1.29, 1.82) is 5.26 Å². The van der Waals surface area contributed by atoms with E-state index in [9.17, 15) is 14.4 Å². The molecule has 4 nitrogen and oxygen atoms in total. The van der Waals surface area contributed by atoms with Gasteiger partial charge in [-0.15, -0.1) is 0 Å². The van der Waals surface area contributed by atoms with E-state index in [1.807, 2.05) is 13.0 Å². The molecule has 0 radical (unpaired) electrons. The fourth-order valence-corrected chi connectivity index (χ4v) is 4.20. The zero-order chi connectivity index (χ0) is 19.4. The van der Waals surface area contributed by atoms with Gasteiger partial charge in [0.1, 0.15) is 27.5 Å². The number of ketones is 1. The van der Waals surface area contributed by atoms with Gasteiger partial charge in [0.05, 0.1) is 5.75 Å². The molecular weight excluding hydrogens is 405 g/mol. The number of thioether (sulfide) groups is 1. The number of halogens is 2. The second-order valence-electron chi connectivity index (χ2n) is 5.61. The van der Waals surface area contributed by atoms with Crippen LogP contribution in [-0.4, -0.2) is 15.9 Å². The normalized spacial score (nSPS) is 10.4. The van der Waals surface area contributed by atoms with Crippen LogP contribution in [0.15, 0.2) is 47.5 Å². The lowest BCUT2D eigenvalue weighted by Crippen LogP contribution is -2.02. The summed E-state index contributed by atoms with van der Waals surface area (Å²) >= 11 is 8.37. The minimum Gasteiger partial charge on any atom is -0.345 e. The van der Waals surface area contributed by atoms with Crippen LogP contribution < -0.4 is 5.32 Å². The summed E-state index contributed by atoms with van der Waals surface area (Å²) in [4.78, 5) is 12.2. The van der Waals surface area contributed by atoms with Gasteiger partial charge in [-0.2, -0.15) is 9.64 Å². The summed E-state index contributed by atoms with van der Waals surface area (Å²) < 4.78 is 17.2. The second-order valence-corrected chi connectivity index (χ2v) is 7.78. The highest BCUT2D eigenvalue weighted by Gasteiger charge is 2.17. The quantitative estimate of drug-likeness (QED) is 0.403. The fourth-order valence-electron chi connectivity index (χ4n) is 2.26. The number of Topliss-reactive ketones (excluding diaryl/α,β-unsaturated/α-hetero) is 1. The topological polar surface area (TPSA) is 65.8 Å². The molecule has 136 valence electrons. The third-order valence-electron chi connectivity index (χ3n) is 3.73. The third kappa shape index (κ3) is 4.66. The van der Waals surface area contributed by atoms with Gasteiger partial charge in [-0.3, -0.25) is 4.79 Å². The number of benzene rings is 2. The Morgan fingerprint density at radius 2 is 2.07 bits per heavy atom. The minimum absolute atomic E-state index is 0.111. The summed E-state index contributed by atoms with van der Waals surface area (Å²) in [5.41, 5.74) is 2.58. The first-order valence-electron chi connectivity index (χ1n) is 7.82. The number of hydrogen-bond acceptors (Lipinski definition) is 6. The molecule has 0 amide bonds. The number of hydrogen-bond donors (Lipinski definition) is 1. The van der Waals surface area contributed by atoms with Gasteiger partial charge >= 0.3 is 0 Å². The van der Waals surface area contributed by atoms with Crippen LogP contribution in [0, 0.1) is 24.1 Å². The molecule has 0 atom stereocenters. The Hall–Kier alpha value is -2.40. The van der Waals surface area contributed by atoms with Crippen molar-refractivity contribution in [2.75, 3.05) is 11.1 Å². The minimum atomic E-state index is -0.391. The Balaban J connectivity index is 1.74. The average molecular weight is 418 g/mol. The van der Waals surface area contributed by atoms with Crippen molar-refractivity contribution in [1.82, 2.24) is 4.37 Å². The number of nitrogens with zero attached hydrogens (tertiary/aromatic N) is 2. The Bertz CT molecular complexity index is 1030. The van der Waals surface area contributed by atoms with Crippen molar-refractivity contribution < 1.29 is 9.18 Å². The highest BCUT2D eigenvalue weighted by molar-refractivity contribution is 8.00. The summed E-state index contributed by atoms with van der Waals surface area (Å²) in [6.45, 7) is 1.93. The molecule has 0 saturated carbocycles. The summed E-state index contributed by atoms with van der Waals surface area (Å²) in [5, 5.41) is 14.4. The Morgan fingerprint density at radius 1 is 1.33 bits per heavy atom. The van der Waals surface area contributed by atoms with Crippen LogP contribution in [0.3, 0.4) is 0 Å². The van der Waals surface area contributed by atoms with E-state index < -0.39 is 5.82 Å². The number of nitrogens with one attached hydrogen (secondary N) is 1. The summed E-state index contributed by atoms with van der Waals surface area (Å²) in [6, 6.07) is 13.0. The van der Waals surface area contributed by atoms with Crippen molar-refractivity contribution in [2.24, 2.45) is 0 Å². The lowest BCUT2D eigenvalue weighted by atomic mass is 10.1. The van der Waals surface area contributed by atoms with E-state index >= 15 is 0 Å². The van der Waals surface area contributed by atoms with Crippen molar-refractivity contribution in [3.63, 3.8) is 0 Å². The molecule has 1 heterocycles. The molecule has 27 heavy (non-hydrogen) atoms. The standard InChI is InChI=1S/C19H13ClFN3OS2/c1-11-2-5-13(20)8-16(11)23-18-15(9-22)19(24-27-18)26-10-17(25)12-3-6-14(21)7-4-12/h2-8,23H,10H2,1H3. The van der Waals surface area contributed by atoms with E-state index in [0.717, 1.165) is 22.8 Å². The molecule has 0 aliphatic heterocycles. The Kier molecular flexibility index (Phi) is 6.11. The molecule has 2 aromatic carbocycles. The van der Waals surface area contributed by atoms with Crippen molar-refractivity contribution >= 4 is 51.4 Å². The van der Waals surface area contributed by atoms with E-state index in [-0.39, 0.29) is 11.5 Å². The highest BCUT2D eigenvalue weighted by atomic mass is 35.5. The number of nitriles is 1. The van der Waals surface area contributed by atoms with Crippen LogP contribution >= 0.6 is 34.9 Å². The molecule has 1 aromatic heterocycles. The van der Waals surface area contributed by atoms with Gasteiger partial charge in [-0.05, 0) is 60.4 Å². The van der Waals surface area contributed by atoms with Gasteiger partial charge in [0, 0.05) is 16.3 Å². The summed E-state index contributed by atoms with van der Waals surface area (Å²) in [6.07, 6.45) is 0. The maximum atomic E-state index is 13.0. The zero-order valence-corrected chi connectivity index (χ0v) is 16.5. The number of carbonyl (C=O) groups is 1. The predicted molar refractivity (Wildman–Crippen MR) is 108 cm³/mol. The number of aromatic nitrogens is 1. The highest BCUT2D eigenvalue weighted by Crippen LogP contribution is 2.34. The molecule has 0 bridgehead atoms. The third-order valence-corrected chi connectivity index (χ3v) is 5.82. The van der Waals surface area contributed by atoms with E-state index in [2.05, 4.69) is 15.8 Å². The van der Waals surface area contributed by atoms with Crippen LogP contribution in [0.2, 0.25) is 5.02 Å². The number of aryl methyl sites for hydroxylation is 1. The zero-order valence-electron chi connectivity index (χ0n) is 14.1. The number of rotatable bonds is 6. The maximum absolute atomic E-state index is 13.0. The fraction of sp³-hybridized carbons (Fsp3) is 0.105. The van der Waals surface area contributed by atoms with E-state index in [1.54, 1.807) is 12.1 Å². The van der Waals surface area contributed by atoms with Gasteiger partial charge < -0.3 is 5.32 Å². The number of anilines is 2. The van der Waals surface area contributed by atoms with Crippen LogP contribution in [0.5, 0.6) is 0 Å². The van der Waals surface area contributed by atoms with Crippen LogP contribution in [-0.2, 0) is 0 Å². The first-order valence-corrected chi connectivity index (χ1v) is 9.96. The van der Waals surface area contributed by atoms with Crippen LogP contribution in [0.25, 0.3) is 0 Å². The van der Waals surface area contributed by atoms with Gasteiger partial charge in [-0.1, -0.05) is 29.4 Å². The predicted octanol–water partition coefficient (Wildman–Crippen LogP) is 5.83.